The van der Waals surface area contributed by atoms with Gasteiger partial charge in [0.15, 0.2) is 5.78 Å². The first-order valence-corrected chi connectivity index (χ1v) is 7.23. The Labute approximate surface area is 127 Å². The third-order valence-corrected chi connectivity index (χ3v) is 3.46. The number of hydrogen-bond donors (Lipinski definition) is 0. The summed E-state index contributed by atoms with van der Waals surface area (Å²) in [5, 5.41) is 0. The molecule has 0 saturated heterocycles. The summed E-state index contributed by atoms with van der Waals surface area (Å²) >= 11 is 0. The van der Waals surface area contributed by atoms with Gasteiger partial charge in [-0.1, -0.05) is 47.6 Å². The Balaban J connectivity index is 3.28. The van der Waals surface area contributed by atoms with Crippen LogP contribution in [0.2, 0.25) is 0 Å². The summed E-state index contributed by atoms with van der Waals surface area (Å²) in [4.78, 5) is 24.0. The van der Waals surface area contributed by atoms with Crippen LogP contribution in [0.5, 0.6) is 0 Å². The molecule has 0 heterocycles. The van der Waals surface area contributed by atoms with E-state index in [1.54, 1.807) is 0 Å². The number of carbonyl (C=O) groups is 2. The van der Waals surface area contributed by atoms with Crippen LogP contribution in [0.25, 0.3) is 0 Å². The fourth-order valence-corrected chi connectivity index (χ4v) is 2.17. The Hall–Kier alpha value is -1.64. The Morgan fingerprint density at radius 1 is 1.05 bits per heavy atom. The largest absolute Gasteiger partial charge is 0.469 e. The van der Waals surface area contributed by atoms with E-state index in [9.17, 15) is 9.59 Å². The van der Waals surface area contributed by atoms with E-state index in [4.69, 9.17) is 0 Å². The number of hydrogen-bond acceptors (Lipinski definition) is 3. The molecule has 3 nitrogen and oxygen atoms in total. The molecule has 0 aromatic rings. The second-order valence-electron chi connectivity index (χ2n) is 7.43. The zero-order valence-corrected chi connectivity index (χ0v) is 14.2. The smallest absolute Gasteiger partial charge is 0.309 e. The second-order valence-corrected chi connectivity index (χ2v) is 7.43. The quantitative estimate of drug-likeness (QED) is 0.722. The minimum atomic E-state index is -0.282. The molecule has 0 bridgehead atoms. The number of ether oxygens (including phenoxy) is 1. The van der Waals surface area contributed by atoms with Crippen LogP contribution in [0.1, 0.15) is 48.0 Å². The van der Waals surface area contributed by atoms with Gasteiger partial charge < -0.3 is 4.74 Å². The van der Waals surface area contributed by atoms with Crippen LogP contribution in [-0.4, -0.2) is 18.9 Å². The summed E-state index contributed by atoms with van der Waals surface area (Å²) in [7, 11) is 1.37. The number of esters is 1. The molecule has 3 heteroatoms. The predicted molar refractivity (Wildman–Crippen MR) is 84.8 cm³/mol. The lowest BCUT2D eigenvalue weighted by molar-refractivity contribution is -0.139. The van der Waals surface area contributed by atoms with Crippen molar-refractivity contribution in [2.75, 3.05) is 7.11 Å². The molecular weight excluding hydrogens is 264 g/mol. The van der Waals surface area contributed by atoms with Gasteiger partial charge in [-0.05, 0) is 28.6 Å². The van der Waals surface area contributed by atoms with Crippen molar-refractivity contribution >= 4 is 11.8 Å². The average molecular weight is 290 g/mol. The molecule has 0 aliphatic heterocycles. The molecule has 0 atom stereocenters. The molecule has 0 amide bonds. The summed E-state index contributed by atoms with van der Waals surface area (Å²) in [6.07, 6.45) is 5.80. The summed E-state index contributed by atoms with van der Waals surface area (Å²) < 4.78 is 4.66. The lowest BCUT2D eigenvalue weighted by Gasteiger charge is -2.31. The SMILES string of the molecule is COC(=O)CC=C1C=C(C(C)(C)C)C(=O)C(C(C)(C)C)=C1. The summed E-state index contributed by atoms with van der Waals surface area (Å²) in [5.74, 6) is -0.180. The van der Waals surface area contributed by atoms with Gasteiger partial charge in [-0.3, -0.25) is 9.59 Å². The molecule has 0 unspecified atom stereocenters. The third-order valence-electron chi connectivity index (χ3n) is 3.46. The zero-order chi connectivity index (χ0) is 16.4. The Morgan fingerprint density at radius 2 is 1.48 bits per heavy atom. The topological polar surface area (TPSA) is 43.4 Å². The van der Waals surface area contributed by atoms with Gasteiger partial charge in [-0.25, -0.2) is 0 Å². The van der Waals surface area contributed by atoms with Crippen molar-refractivity contribution in [1.82, 2.24) is 0 Å². The molecule has 0 radical (unpaired) electrons. The molecule has 0 saturated carbocycles. The Bertz CT molecular complexity index is 496. The molecular formula is C18H26O3. The minimum absolute atomic E-state index is 0.102. The molecule has 21 heavy (non-hydrogen) atoms. The first-order chi connectivity index (χ1) is 9.46. The highest BCUT2D eigenvalue weighted by atomic mass is 16.5. The summed E-state index contributed by atoms with van der Waals surface area (Å²) in [5.41, 5.74) is 2.00. The molecule has 0 aromatic carbocycles. The van der Waals surface area contributed by atoms with Crippen LogP contribution in [0.15, 0.2) is 34.9 Å². The normalized spacial score (nSPS) is 16.3. The Kier molecular flexibility index (Phi) is 4.98. The number of methoxy groups -OCH3 is 1. The van der Waals surface area contributed by atoms with E-state index in [1.807, 2.05) is 59.8 Å². The van der Waals surface area contributed by atoms with Crippen molar-refractivity contribution in [3.63, 3.8) is 0 Å². The van der Waals surface area contributed by atoms with Crippen molar-refractivity contribution in [3.05, 3.63) is 34.9 Å². The number of carbonyl (C=O) groups excluding carboxylic acids is 2. The predicted octanol–water partition coefficient (Wildman–Crippen LogP) is 4.00. The van der Waals surface area contributed by atoms with Crippen LogP contribution in [0.3, 0.4) is 0 Å². The van der Waals surface area contributed by atoms with Gasteiger partial charge in [0.2, 0.25) is 0 Å². The molecule has 1 rings (SSSR count). The van der Waals surface area contributed by atoms with Gasteiger partial charge in [0.05, 0.1) is 13.5 Å². The first kappa shape index (κ1) is 17.4. The van der Waals surface area contributed by atoms with Crippen molar-refractivity contribution in [2.24, 2.45) is 10.8 Å². The van der Waals surface area contributed by atoms with Crippen LogP contribution >= 0.6 is 0 Å². The molecule has 1 aliphatic carbocycles. The van der Waals surface area contributed by atoms with E-state index in [0.29, 0.717) is 0 Å². The van der Waals surface area contributed by atoms with Gasteiger partial charge in [-0.2, -0.15) is 0 Å². The summed E-state index contributed by atoms with van der Waals surface area (Å²) in [6, 6.07) is 0. The van der Waals surface area contributed by atoms with Crippen molar-refractivity contribution in [2.45, 2.75) is 48.0 Å². The number of Topliss-reactive ketones (excluding diaryl/α,β-unsaturated/α-hetero) is 1. The van der Waals surface area contributed by atoms with Gasteiger partial charge in [0, 0.05) is 11.1 Å². The van der Waals surface area contributed by atoms with Gasteiger partial charge in [0.1, 0.15) is 0 Å². The fourth-order valence-electron chi connectivity index (χ4n) is 2.17. The van der Waals surface area contributed by atoms with Gasteiger partial charge >= 0.3 is 5.97 Å². The van der Waals surface area contributed by atoms with Crippen molar-refractivity contribution < 1.29 is 14.3 Å². The molecule has 0 fully saturated rings. The molecule has 1 aliphatic rings. The van der Waals surface area contributed by atoms with E-state index in [2.05, 4.69) is 4.74 Å². The van der Waals surface area contributed by atoms with Crippen LogP contribution < -0.4 is 0 Å². The van der Waals surface area contributed by atoms with Crippen molar-refractivity contribution in [1.29, 1.82) is 0 Å². The third kappa shape index (κ3) is 4.42. The number of allylic oxidation sites excluding steroid dienone is 5. The average Bonchev–Trinajstić information content (AvgIpc) is 2.34. The van der Waals surface area contributed by atoms with E-state index >= 15 is 0 Å². The van der Waals surface area contributed by atoms with Gasteiger partial charge in [0.25, 0.3) is 0 Å². The highest BCUT2D eigenvalue weighted by molar-refractivity contribution is 6.11. The molecule has 0 N–H and O–H groups in total. The lowest BCUT2D eigenvalue weighted by atomic mass is 9.72. The van der Waals surface area contributed by atoms with Crippen molar-refractivity contribution in [3.8, 4) is 0 Å². The fraction of sp³-hybridized carbons (Fsp3) is 0.556. The number of ketones is 1. The second kappa shape index (κ2) is 6.00. The van der Waals surface area contributed by atoms with Crippen LogP contribution in [-0.2, 0) is 14.3 Å². The monoisotopic (exact) mass is 290 g/mol. The molecule has 0 spiro atoms. The maximum Gasteiger partial charge on any atom is 0.309 e. The zero-order valence-electron chi connectivity index (χ0n) is 14.2. The van der Waals surface area contributed by atoms with Crippen LogP contribution in [0.4, 0.5) is 0 Å². The maximum atomic E-state index is 12.7. The van der Waals surface area contributed by atoms with Crippen LogP contribution in [0, 0.1) is 10.8 Å². The van der Waals surface area contributed by atoms with E-state index in [-0.39, 0.29) is 29.0 Å². The standard InChI is InChI=1S/C18H26O3/c1-17(2,3)13-10-12(8-9-15(19)21-7)11-14(16(13)20)18(4,5)6/h8,10-11H,9H2,1-7H3. The minimum Gasteiger partial charge on any atom is -0.469 e. The number of rotatable bonds is 2. The van der Waals surface area contributed by atoms with E-state index < -0.39 is 0 Å². The highest BCUT2D eigenvalue weighted by Crippen LogP contribution is 2.38. The maximum absolute atomic E-state index is 12.7. The van der Waals surface area contributed by atoms with E-state index in [1.165, 1.54) is 7.11 Å². The summed E-state index contributed by atoms with van der Waals surface area (Å²) in [6.45, 7) is 12.2. The molecule has 116 valence electrons. The lowest BCUT2D eigenvalue weighted by Crippen LogP contribution is -2.27. The Morgan fingerprint density at radius 3 is 1.81 bits per heavy atom. The van der Waals surface area contributed by atoms with E-state index in [0.717, 1.165) is 16.7 Å². The highest BCUT2D eigenvalue weighted by Gasteiger charge is 2.33. The van der Waals surface area contributed by atoms with Gasteiger partial charge in [-0.15, -0.1) is 0 Å². The first-order valence-electron chi connectivity index (χ1n) is 7.23. The molecule has 0 aromatic heterocycles.